The molecule has 0 aromatic heterocycles. The first-order valence-electron chi connectivity index (χ1n) is 6.32. The quantitative estimate of drug-likeness (QED) is 0.471. The van der Waals surface area contributed by atoms with E-state index >= 15 is 0 Å². The number of Topliss-reactive ketones (excluding diaryl/α,β-unsaturated/α-hetero) is 1. The van der Waals surface area contributed by atoms with Crippen LogP contribution >= 0.6 is 11.6 Å². The van der Waals surface area contributed by atoms with E-state index in [9.17, 15) is 23.3 Å². The van der Waals surface area contributed by atoms with Gasteiger partial charge in [0.05, 0.1) is 20.6 Å². The van der Waals surface area contributed by atoms with E-state index in [1.54, 1.807) is 0 Å². The SMILES string of the molecule is CC1=CC(=NS(=O)(=O)c2cccc([N+](=O)[O-])c2)C(Cl)=C(C)C1=O. The van der Waals surface area contributed by atoms with Gasteiger partial charge in [0, 0.05) is 17.7 Å². The number of hydrogen-bond donors (Lipinski definition) is 0. The normalized spacial score (nSPS) is 17.4. The molecule has 0 saturated carbocycles. The van der Waals surface area contributed by atoms with Gasteiger partial charge in [0.25, 0.3) is 15.7 Å². The summed E-state index contributed by atoms with van der Waals surface area (Å²) in [6.07, 6.45) is 1.27. The topological polar surface area (TPSA) is 107 Å². The summed E-state index contributed by atoms with van der Waals surface area (Å²) in [5.41, 5.74) is 0.0574. The molecule has 0 saturated heterocycles. The number of sulfonamides is 1. The molecule has 0 atom stereocenters. The maximum Gasteiger partial charge on any atom is 0.283 e. The first-order chi connectivity index (χ1) is 10.6. The Morgan fingerprint density at radius 1 is 1.26 bits per heavy atom. The molecule has 1 aliphatic carbocycles. The third-order valence-electron chi connectivity index (χ3n) is 3.15. The summed E-state index contributed by atoms with van der Waals surface area (Å²) in [5.74, 6) is -0.290. The van der Waals surface area contributed by atoms with Crippen molar-refractivity contribution in [3.63, 3.8) is 0 Å². The second-order valence-electron chi connectivity index (χ2n) is 4.80. The number of allylic oxidation sites excluding steroid dienone is 4. The van der Waals surface area contributed by atoms with Gasteiger partial charge in [-0.1, -0.05) is 17.7 Å². The number of ketones is 1. The van der Waals surface area contributed by atoms with E-state index in [-0.39, 0.29) is 32.7 Å². The summed E-state index contributed by atoms with van der Waals surface area (Å²) in [4.78, 5) is 21.5. The fourth-order valence-corrected chi connectivity index (χ4v) is 3.19. The third kappa shape index (κ3) is 3.38. The van der Waals surface area contributed by atoms with Crippen molar-refractivity contribution < 1.29 is 18.1 Å². The van der Waals surface area contributed by atoms with Gasteiger partial charge in [-0.3, -0.25) is 14.9 Å². The van der Waals surface area contributed by atoms with Crippen molar-refractivity contribution in [2.24, 2.45) is 4.40 Å². The molecule has 2 rings (SSSR count). The Bertz CT molecular complexity index is 913. The zero-order chi connectivity index (χ0) is 17.4. The Balaban J connectivity index is 2.55. The van der Waals surface area contributed by atoms with Crippen LogP contribution in [0.15, 0.2) is 55.8 Å². The fraction of sp³-hybridized carbons (Fsp3) is 0.143. The summed E-state index contributed by atoms with van der Waals surface area (Å²) in [7, 11) is -4.20. The smallest absolute Gasteiger partial charge is 0.283 e. The molecule has 9 heteroatoms. The molecule has 0 fully saturated rings. The molecule has 0 spiro atoms. The lowest BCUT2D eigenvalue weighted by Gasteiger charge is -2.12. The van der Waals surface area contributed by atoms with Gasteiger partial charge >= 0.3 is 0 Å². The van der Waals surface area contributed by atoms with Crippen LogP contribution in [0.2, 0.25) is 0 Å². The van der Waals surface area contributed by atoms with Gasteiger partial charge in [0.15, 0.2) is 5.78 Å². The molecule has 0 aliphatic heterocycles. The number of nitro benzene ring substituents is 1. The highest BCUT2D eigenvalue weighted by Crippen LogP contribution is 2.25. The lowest BCUT2D eigenvalue weighted by atomic mass is 9.98. The molecular formula is C14H11ClN2O5S. The molecule has 23 heavy (non-hydrogen) atoms. The van der Waals surface area contributed by atoms with Gasteiger partial charge in [-0.05, 0) is 31.6 Å². The van der Waals surface area contributed by atoms with E-state index in [0.29, 0.717) is 5.57 Å². The molecule has 1 aliphatic rings. The molecule has 120 valence electrons. The average Bonchev–Trinajstić information content (AvgIpc) is 2.50. The van der Waals surface area contributed by atoms with Crippen molar-refractivity contribution in [3.05, 3.63) is 56.6 Å². The number of non-ortho nitro benzene ring substituents is 1. The maximum absolute atomic E-state index is 12.3. The maximum atomic E-state index is 12.3. The lowest BCUT2D eigenvalue weighted by molar-refractivity contribution is -0.385. The Hall–Kier alpha value is -2.32. The molecule has 0 amide bonds. The minimum absolute atomic E-state index is 0.0606. The number of carbonyl (C=O) groups excluding carboxylic acids is 1. The molecule has 0 bridgehead atoms. The van der Waals surface area contributed by atoms with Crippen molar-refractivity contribution >= 4 is 38.8 Å². The highest BCUT2D eigenvalue weighted by molar-refractivity contribution is 7.90. The van der Waals surface area contributed by atoms with Crippen LogP contribution < -0.4 is 0 Å². The third-order valence-corrected chi connectivity index (χ3v) is 4.91. The molecule has 0 radical (unpaired) electrons. The molecule has 0 heterocycles. The van der Waals surface area contributed by atoms with Crippen molar-refractivity contribution in [3.8, 4) is 0 Å². The van der Waals surface area contributed by atoms with Crippen LogP contribution in [-0.4, -0.2) is 24.8 Å². The predicted molar refractivity (Wildman–Crippen MR) is 85.0 cm³/mol. The van der Waals surface area contributed by atoms with Gasteiger partial charge in [-0.15, -0.1) is 0 Å². The molecule has 0 unspecified atom stereocenters. The van der Waals surface area contributed by atoms with Crippen molar-refractivity contribution in [2.45, 2.75) is 18.7 Å². The second-order valence-corrected chi connectivity index (χ2v) is 6.78. The summed E-state index contributed by atoms with van der Waals surface area (Å²) in [5, 5.41) is 10.7. The lowest BCUT2D eigenvalue weighted by Crippen LogP contribution is -2.15. The van der Waals surface area contributed by atoms with Crippen molar-refractivity contribution in [2.75, 3.05) is 0 Å². The Morgan fingerprint density at radius 3 is 2.52 bits per heavy atom. The van der Waals surface area contributed by atoms with Gasteiger partial charge in [-0.2, -0.15) is 12.8 Å². The van der Waals surface area contributed by atoms with Crippen LogP contribution in [0, 0.1) is 10.1 Å². The average molecular weight is 355 g/mol. The standard InChI is InChI=1S/C14H11ClN2O5S/c1-8-6-12(13(15)9(2)14(8)18)16-23(21,22)11-5-3-4-10(7-11)17(19)20/h3-7H,1-2H3. The Kier molecular flexibility index (Phi) is 4.49. The van der Waals surface area contributed by atoms with Gasteiger partial charge < -0.3 is 0 Å². The van der Waals surface area contributed by atoms with Crippen LogP contribution in [0.4, 0.5) is 5.69 Å². The Morgan fingerprint density at radius 2 is 1.91 bits per heavy atom. The molecular weight excluding hydrogens is 344 g/mol. The summed E-state index contributed by atoms with van der Waals surface area (Å²) in [6.45, 7) is 2.99. The van der Waals surface area contributed by atoms with Gasteiger partial charge in [0.2, 0.25) is 0 Å². The number of rotatable bonds is 3. The number of nitro groups is 1. The summed E-state index contributed by atoms with van der Waals surface area (Å²) >= 11 is 5.98. The predicted octanol–water partition coefficient (Wildman–Crippen LogP) is 2.77. The van der Waals surface area contributed by atoms with Gasteiger partial charge in [-0.25, -0.2) is 0 Å². The van der Waals surface area contributed by atoms with E-state index in [4.69, 9.17) is 11.6 Å². The first-order valence-corrected chi connectivity index (χ1v) is 8.14. The van der Waals surface area contributed by atoms with Crippen LogP contribution in [0.3, 0.4) is 0 Å². The molecule has 1 aromatic rings. The number of carbonyl (C=O) groups is 1. The summed E-state index contributed by atoms with van der Waals surface area (Å²) in [6, 6.07) is 4.53. The number of halogens is 1. The van der Waals surface area contributed by atoms with Crippen LogP contribution in [-0.2, 0) is 14.8 Å². The van der Waals surface area contributed by atoms with Crippen LogP contribution in [0.5, 0.6) is 0 Å². The van der Waals surface area contributed by atoms with Crippen LogP contribution in [0.1, 0.15) is 13.8 Å². The minimum atomic E-state index is -4.20. The monoisotopic (exact) mass is 354 g/mol. The van der Waals surface area contributed by atoms with E-state index in [1.807, 2.05) is 0 Å². The largest absolute Gasteiger partial charge is 0.289 e. The molecule has 1 aromatic carbocycles. The molecule has 7 nitrogen and oxygen atoms in total. The second kappa shape index (κ2) is 6.05. The number of hydrogen-bond acceptors (Lipinski definition) is 5. The minimum Gasteiger partial charge on any atom is -0.289 e. The number of nitrogens with zero attached hydrogens (tertiary/aromatic N) is 2. The van der Waals surface area contributed by atoms with E-state index < -0.39 is 14.9 Å². The zero-order valence-corrected chi connectivity index (χ0v) is 13.7. The highest BCUT2D eigenvalue weighted by atomic mass is 35.5. The fourth-order valence-electron chi connectivity index (χ4n) is 1.93. The molecule has 0 N–H and O–H groups in total. The Labute approximate surface area is 137 Å². The summed E-state index contributed by atoms with van der Waals surface area (Å²) < 4.78 is 28.2. The highest BCUT2D eigenvalue weighted by Gasteiger charge is 2.24. The van der Waals surface area contributed by atoms with E-state index in [2.05, 4.69) is 4.40 Å². The van der Waals surface area contributed by atoms with E-state index in [1.165, 1.54) is 38.1 Å². The van der Waals surface area contributed by atoms with Crippen LogP contribution in [0.25, 0.3) is 0 Å². The first kappa shape index (κ1) is 17.0. The zero-order valence-electron chi connectivity index (χ0n) is 12.1. The van der Waals surface area contributed by atoms with E-state index in [0.717, 1.165) is 6.07 Å². The van der Waals surface area contributed by atoms with Crippen molar-refractivity contribution in [1.82, 2.24) is 0 Å². The number of benzene rings is 1. The van der Waals surface area contributed by atoms with Crippen molar-refractivity contribution in [1.29, 1.82) is 0 Å². The van der Waals surface area contributed by atoms with Gasteiger partial charge in [0.1, 0.15) is 0 Å².